The predicted molar refractivity (Wildman–Crippen MR) is 106 cm³/mol. The summed E-state index contributed by atoms with van der Waals surface area (Å²) in [5.41, 5.74) is 8.00. The molecule has 0 radical (unpaired) electrons. The van der Waals surface area contributed by atoms with Crippen LogP contribution in [0.2, 0.25) is 0 Å². The second kappa shape index (κ2) is 9.18. The molecule has 26 heavy (non-hydrogen) atoms. The van der Waals surface area contributed by atoms with Gasteiger partial charge in [0.1, 0.15) is 6.04 Å². The number of piperidine rings is 1. The summed E-state index contributed by atoms with van der Waals surface area (Å²) in [6.07, 6.45) is 6.86. The SMILES string of the molecule is Cl.O=C(C1NNC2CCNCC21)N(CCc1ccccc1)C1CCCC1. The maximum Gasteiger partial charge on any atom is 0.241 e. The van der Waals surface area contributed by atoms with Gasteiger partial charge in [0.05, 0.1) is 0 Å². The molecule has 1 aromatic rings. The molecule has 0 aromatic heterocycles. The molecule has 3 unspecified atom stereocenters. The Morgan fingerprint density at radius 2 is 1.85 bits per heavy atom. The molecular weight excluding hydrogens is 348 g/mol. The van der Waals surface area contributed by atoms with Gasteiger partial charge in [-0.25, -0.2) is 5.43 Å². The zero-order valence-electron chi connectivity index (χ0n) is 15.3. The van der Waals surface area contributed by atoms with Gasteiger partial charge in [-0.2, -0.15) is 0 Å². The van der Waals surface area contributed by atoms with E-state index in [1.54, 1.807) is 0 Å². The molecule has 1 amide bonds. The van der Waals surface area contributed by atoms with Crippen LogP contribution in [0.25, 0.3) is 0 Å². The van der Waals surface area contributed by atoms with Crippen LogP contribution in [0.3, 0.4) is 0 Å². The average Bonchev–Trinajstić information content (AvgIpc) is 3.32. The first kappa shape index (κ1) is 19.6. The number of halogens is 1. The topological polar surface area (TPSA) is 56.4 Å². The maximum absolute atomic E-state index is 13.4. The fraction of sp³-hybridized carbons (Fsp3) is 0.650. The maximum atomic E-state index is 13.4. The zero-order chi connectivity index (χ0) is 17.1. The van der Waals surface area contributed by atoms with E-state index in [0.717, 1.165) is 45.3 Å². The number of carbonyl (C=O) groups is 1. The third-order valence-corrected chi connectivity index (χ3v) is 6.18. The van der Waals surface area contributed by atoms with Crippen LogP contribution >= 0.6 is 12.4 Å². The highest BCUT2D eigenvalue weighted by atomic mass is 35.5. The fourth-order valence-corrected chi connectivity index (χ4v) is 4.72. The number of nitrogens with one attached hydrogen (secondary N) is 3. The number of hydrogen-bond donors (Lipinski definition) is 3. The molecule has 144 valence electrons. The van der Waals surface area contributed by atoms with Crippen LogP contribution in [0.4, 0.5) is 0 Å². The van der Waals surface area contributed by atoms with Gasteiger partial charge in [0, 0.05) is 31.1 Å². The van der Waals surface area contributed by atoms with Crippen LogP contribution in [-0.2, 0) is 11.2 Å². The Morgan fingerprint density at radius 1 is 1.08 bits per heavy atom. The summed E-state index contributed by atoms with van der Waals surface area (Å²) in [4.78, 5) is 15.6. The summed E-state index contributed by atoms with van der Waals surface area (Å²) < 4.78 is 0. The number of hydrazine groups is 1. The molecule has 1 aromatic carbocycles. The fourth-order valence-electron chi connectivity index (χ4n) is 4.72. The minimum Gasteiger partial charge on any atom is -0.338 e. The van der Waals surface area contributed by atoms with Crippen molar-refractivity contribution in [2.45, 2.75) is 56.7 Å². The molecule has 2 heterocycles. The van der Waals surface area contributed by atoms with Gasteiger partial charge in [-0.05, 0) is 37.8 Å². The highest BCUT2D eigenvalue weighted by Gasteiger charge is 2.43. The number of rotatable bonds is 5. The number of carbonyl (C=O) groups excluding carboxylic acids is 1. The molecule has 3 atom stereocenters. The van der Waals surface area contributed by atoms with Crippen molar-refractivity contribution in [3.63, 3.8) is 0 Å². The molecular formula is C20H31ClN4O. The Bertz CT molecular complexity index is 578. The van der Waals surface area contributed by atoms with Gasteiger partial charge in [0.2, 0.25) is 5.91 Å². The molecule has 6 heteroatoms. The molecule has 5 nitrogen and oxygen atoms in total. The van der Waals surface area contributed by atoms with Crippen molar-refractivity contribution in [2.75, 3.05) is 19.6 Å². The molecule has 1 saturated carbocycles. The molecule has 2 aliphatic heterocycles. The van der Waals surface area contributed by atoms with Gasteiger partial charge in [-0.1, -0.05) is 43.2 Å². The lowest BCUT2D eigenvalue weighted by atomic mass is 9.88. The van der Waals surface area contributed by atoms with E-state index >= 15 is 0 Å². The zero-order valence-corrected chi connectivity index (χ0v) is 16.1. The quantitative estimate of drug-likeness (QED) is 0.732. The van der Waals surface area contributed by atoms with Crippen LogP contribution in [-0.4, -0.2) is 48.6 Å². The van der Waals surface area contributed by atoms with Crippen molar-refractivity contribution in [1.82, 2.24) is 21.1 Å². The Labute approximate surface area is 162 Å². The Morgan fingerprint density at radius 3 is 2.62 bits per heavy atom. The third-order valence-electron chi connectivity index (χ3n) is 6.18. The Hall–Kier alpha value is -1.14. The van der Waals surface area contributed by atoms with Crippen molar-refractivity contribution >= 4 is 18.3 Å². The van der Waals surface area contributed by atoms with Crippen molar-refractivity contribution < 1.29 is 4.79 Å². The van der Waals surface area contributed by atoms with Gasteiger partial charge < -0.3 is 10.2 Å². The van der Waals surface area contributed by atoms with Crippen molar-refractivity contribution in [2.24, 2.45) is 5.92 Å². The lowest BCUT2D eigenvalue weighted by molar-refractivity contribution is -0.136. The molecule has 3 N–H and O–H groups in total. The Kier molecular flexibility index (Phi) is 6.92. The lowest BCUT2D eigenvalue weighted by Gasteiger charge is -2.34. The number of hydrogen-bond acceptors (Lipinski definition) is 4. The largest absolute Gasteiger partial charge is 0.338 e. The van der Waals surface area contributed by atoms with Crippen LogP contribution in [0.15, 0.2) is 30.3 Å². The van der Waals surface area contributed by atoms with Crippen molar-refractivity contribution in [1.29, 1.82) is 0 Å². The number of benzene rings is 1. The summed E-state index contributed by atoms with van der Waals surface area (Å²) in [5.74, 6) is 0.661. The molecule has 1 aliphatic carbocycles. The van der Waals surface area contributed by atoms with E-state index in [0.29, 0.717) is 23.9 Å². The van der Waals surface area contributed by atoms with E-state index < -0.39 is 0 Å². The second-order valence-corrected chi connectivity index (χ2v) is 7.74. The molecule has 3 fully saturated rings. The second-order valence-electron chi connectivity index (χ2n) is 7.74. The van der Waals surface area contributed by atoms with Gasteiger partial charge in [0.15, 0.2) is 0 Å². The highest BCUT2D eigenvalue weighted by Crippen LogP contribution is 2.27. The summed E-state index contributed by atoms with van der Waals surface area (Å²) in [6.45, 7) is 2.80. The first-order valence-corrected chi connectivity index (χ1v) is 9.89. The number of amides is 1. The summed E-state index contributed by atoms with van der Waals surface area (Å²) in [7, 11) is 0. The van der Waals surface area contributed by atoms with Crippen LogP contribution < -0.4 is 16.2 Å². The molecule has 0 spiro atoms. The van der Waals surface area contributed by atoms with E-state index in [4.69, 9.17) is 0 Å². The normalized spacial score (nSPS) is 28.4. The van der Waals surface area contributed by atoms with Gasteiger partial charge in [0.25, 0.3) is 0 Å². The first-order valence-electron chi connectivity index (χ1n) is 9.89. The van der Waals surface area contributed by atoms with Gasteiger partial charge >= 0.3 is 0 Å². The monoisotopic (exact) mass is 378 g/mol. The molecule has 0 bridgehead atoms. The summed E-state index contributed by atoms with van der Waals surface area (Å²) in [6, 6.07) is 11.3. The van der Waals surface area contributed by atoms with Crippen molar-refractivity contribution in [3.8, 4) is 0 Å². The van der Waals surface area contributed by atoms with Crippen LogP contribution in [0.1, 0.15) is 37.7 Å². The highest BCUT2D eigenvalue weighted by molar-refractivity contribution is 5.85. The minimum absolute atomic E-state index is 0. The molecule has 3 aliphatic rings. The van der Waals surface area contributed by atoms with E-state index in [1.807, 2.05) is 6.07 Å². The first-order chi connectivity index (χ1) is 12.3. The van der Waals surface area contributed by atoms with Crippen molar-refractivity contribution in [3.05, 3.63) is 35.9 Å². The Balaban J connectivity index is 0.00000196. The van der Waals surface area contributed by atoms with E-state index in [2.05, 4.69) is 45.3 Å². The van der Waals surface area contributed by atoms with Gasteiger partial charge in [-0.15, -0.1) is 12.4 Å². The van der Waals surface area contributed by atoms with E-state index in [-0.39, 0.29) is 18.4 Å². The number of fused-ring (bicyclic) bond motifs is 1. The average molecular weight is 379 g/mol. The molecule has 2 saturated heterocycles. The smallest absolute Gasteiger partial charge is 0.241 e. The molecule has 4 rings (SSSR count). The van der Waals surface area contributed by atoms with Gasteiger partial charge in [-0.3, -0.25) is 10.2 Å². The van der Waals surface area contributed by atoms with E-state index in [1.165, 1.54) is 18.4 Å². The predicted octanol–water partition coefficient (Wildman–Crippen LogP) is 1.88. The van der Waals surface area contributed by atoms with Crippen LogP contribution in [0.5, 0.6) is 0 Å². The summed E-state index contributed by atoms with van der Waals surface area (Å²) >= 11 is 0. The standard InChI is InChI=1S/C20H30N4O.ClH/c25-20(19-17-14-21-12-10-18(17)22-23-19)24(16-8-4-5-9-16)13-11-15-6-2-1-3-7-15;/h1-3,6-7,16-19,21-23H,4-5,8-14H2;1H. The number of nitrogens with zero attached hydrogens (tertiary/aromatic N) is 1. The third kappa shape index (κ3) is 4.22. The van der Waals surface area contributed by atoms with E-state index in [9.17, 15) is 4.79 Å². The lowest BCUT2D eigenvalue weighted by Crippen LogP contribution is -2.53. The summed E-state index contributed by atoms with van der Waals surface area (Å²) in [5, 5.41) is 3.46. The van der Waals surface area contributed by atoms with Crippen LogP contribution in [0, 0.1) is 5.92 Å². The minimum atomic E-state index is -0.0887.